The number of guanidine groups is 1. The number of hydrogen-bond donors (Lipinski definition) is 2. The molecule has 0 saturated heterocycles. The van der Waals surface area contributed by atoms with Crippen LogP contribution in [0.1, 0.15) is 47.5 Å². The number of hydrazine groups is 1. The molecule has 0 aromatic rings. The lowest BCUT2D eigenvalue weighted by molar-refractivity contribution is 0.344. The zero-order valence-corrected chi connectivity index (χ0v) is 12.2. The van der Waals surface area contributed by atoms with Gasteiger partial charge >= 0.3 is 0 Å². The summed E-state index contributed by atoms with van der Waals surface area (Å²) >= 11 is 0. The van der Waals surface area contributed by atoms with Crippen LogP contribution in [0.4, 0.5) is 0 Å². The van der Waals surface area contributed by atoms with Crippen LogP contribution in [-0.4, -0.2) is 30.5 Å². The zero-order valence-electron chi connectivity index (χ0n) is 12.2. The van der Waals surface area contributed by atoms with Crippen LogP contribution in [0.5, 0.6) is 0 Å². The van der Waals surface area contributed by atoms with E-state index in [2.05, 4.69) is 43.0 Å². The minimum absolute atomic E-state index is 0.706. The molecule has 0 aliphatic carbocycles. The summed E-state index contributed by atoms with van der Waals surface area (Å²) < 4.78 is 0. The first-order valence-corrected chi connectivity index (χ1v) is 6.77. The molecule has 4 nitrogen and oxygen atoms in total. The van der Waals surface area contributed by atoms with Gasteiger partial charge in [-0.25, -0.2) is 5.84 Å². The highest BCUT2D eigenvalue weighted by Gasteiger charge is 2.11. The van der Waals surface area contributed by atoms with Crippen molar-refractivity contribution in [3.63, 3.8) is 0 Å². The Hall–Kier alpha value is -0.770. The van der Waals surface area contributed by atoms with E-state index in [-0.39, 0.29) is 0 Å². The molecule has 0 amide bonds. The van der Waals surface area contributed by atoms with Crippen molar-refractivity contribution < 1.29 is 0 Å². The van der Waals surface area contributed by atoms with Crippen molar-refractivity contribution in [1.29, 1.82) is 0 Å². The largest absolute Gasteiger partial charge is 0.342 e. The quantitative estimate of drug-likeness (QED) is 0.311. The Labute approximate surface area is 107 Å². The number of aliphatic imine (C=N–C) groups is 1. The maximum atomic E-state index is 5.55. The van der Waals surface area contributed by atoms with Crippen molar-refractivity contribution in [2.45, 2.75) is 47.5 Å². The minimum Gasteiger partial charge on any atom is -0.342 e. The number of hydrogen-bond acceptors (Lipinski definition) is 2. The molecule has 0 atom stereocenters. The summed E-state index contributed by atoms with van der Waals surface area (Å²) in [7, 11) is 0. The Kier molecular flexibility index (Phi) is 8.86. The predicted octanol–water partition coefficient (Wildman–Crippen LogP) is 2.22. The Morgan fingerprint density at radius 1 is 1.12 bits per heavy atom. The van der Waals surface area contributed by atoms with E-state index in [1.807, 2.05) is 6.92 Å². The van der Waals surface area contributed by atoms with Crippen LogP contribution in [-0.2, 0) is 0 Å². The molecule has 0 fully saturated rings. The van der Waals surface area contributed by atoms with Crippen molar-refractivity contribution in [2.24, 2.45) is 22.7 Å². The standard InChI is InChI=1S/C13H30N4/c1-6-15-13(16-14)17(9-7-11(2)3)10-8-12(4)5/h11-12H,6-10,14H2,1-5H3,(H,15,16). The molecule has 0 radical (unpaired) electrons. The summed E-state index contributed by atoms with van der Waals surface area (Å²) in [5.41, 5.74) is 2.73. The van der Waals surface area contributed by atoms with E-state index in [0.29, 0.717) is 11.8 Å². The predicted molar refractivity (Wildman–Crippen MR) is 75.8 cm³/mol. The molecule has 102 valence electrons. The van der Waals surface area contributed by atoms with E-state index in [1.165, 1.54) is 12.8 Å². The lowest BCUT2D eigenvalue weighted by atomic mass is 10.1. The molecule has 3 N–H and O–H groups in total. The Morgan fingerprint density at radius 3 is 1.88 bits per heavy atom. The summed E-state index contributed by atoms with van der Waals surface area (Å²) in [6.07, 6.45) is 2.34. The Balaban J connectivity index is 4.41. The topological polar surface area (TPSA) is 53.6 Å². The van der Waals surface area contributed by atoms with E-state index in [0.717, 1.165) is 25.6 Å². The molecule has 17 heavy (non-hydrogen) atoms. The molecule has 0 spiro atoms. The molecule has 4 heteroatoms. The SMILES string of the molecule is CCN=C(NN)N(CCC(C)C)CCC(C)C. The molecule has 0 aliphatic heterocycles. The Morgan fingerprint density at radius 2 is 1.59 bits per heavy atom. The maximum absolute atomic E-state index is 5.55. The van der Waals surface area contributed by atoms with Gasteiger partial charge in [0, 0.05) is 19.6 Å². The van der Waals surface area contributed by atoms with Crippen molar-refractivity contribution in [3.05, 3.63) is 0 Å². The molecule has 0 saturated carbocycles. The molecule has 0 aliphatic rings. The van der Waals surface area contributed by atoms with Gasteiger partial charge < -0.3 is 4.90 Å². The van der Waals surface area contributed by atoms with Gasteiger partial charge in [-0.15, -0.1) is 0 Å². The van der Waals surface area contributed by atoms with E-state index >= 15 is 0 Å². The molecular weight excluding hydrogens is 212 g/mol. The first-order valence-electron chi connectivity index (χ1n) is 6.77. The fourth-order valence-electron chi connectivity index (χ4n) is 1.54. The average molecular weight is 242 g/mol. The van der Waals surface area contributed by atoms with Crippen molar-refractivity contribution >= 4 is 5.96 Å². The molecular formula is C13H30N4. The highest BCUT2D eigenvalue weighted by molar-refractivity contribution is 5.79. The third-order valence-electron chi connectivity index (χ3n) is 2.69. The van der Waals surface area contributed by atoms with Gasteiger partial charge in [0.25, 0.3) is 0 Å². The van der Waals surface area contributed by atoms with Crippen molar-refractivity contribution in [3.8, 4) is 0 Å². The van der Waals surface area contributed by atoms with Gasteiger partial charge in [0.2, 0.25) is 5.96 Å². The van der Waals surface area contributed by atoms with Crippen LogP contribution < -0.4 is 11.3 Å². The van der Waals surface area contributed by atoms with Crippen LogP contribution >= 0.6 is 0 Å². The van der Waals surface area contributed by atoms with Gasteiger partial charge in [-0.05, 0) is 31.6 Å². The lowest BCUT2D eigenvalue weighted by Crippen LogP contribution is -2.46. The fraction of sp³-hybridized carbons (Fsp3) is 0.923. The molecule has 0 heterocycles. The first kappa shape index (κ1) is 16.2. The lowest BCUT2D eigenvalue weighted by Gasteiger charge is -2.27. The van der Waals surface area contributed by atoms with Crippen LogP contribution in [0.25, 0.3) is 0 Å². The minimum atomic E-state index is 0.706. The molecule has 0 aromatic carbocycles. The van der Waals surface area contributed by atoms with Crippen LogP contribution in [0.15, 0.2) is 4.99 Å². The zero-order chi connectivity index (χ0) is 13.3. The van der Waals surface area contributed by atoms with Crippen LogP contribution in [0.2, 0.25) is 0 Å². The number of rotatable bonds is 7. The fourth-order valence-corrected chi connectivity index (χ4v) is 1.54. The summed E-state index contributed by atoms with van der Waals surface area (Å²) in [5.74, 6) is 7.79. The Bertz CT molecular complexity index is 199. The third-order valence-corrected chi connectivity index (χ3v) is 2.69. The smallest absolute Gasteiger partial charge is 0.208 e. The van der Waals surface area contributed by atoms with Gasteiger partial charge in [0.1, 0.15) is 0 Å². The van der Waals surface area contributed by atoms with Gasteiger partial charge in [-0.1, -0.05) is 27.7 Å². The van der Waals surface area contributed by atoms with Crippen molar-refractivity contribution in [2.75, 3.05) is 19.6 Å². The van der Waals surface area contributed by atoms with Crippen LogP contribution in [0, 0.1) is 11.8 Å². The monoisotopic (exact) mass is 242 g/mol. The van der Waals surface area contributed by atoms with Crippen molar-refractivity contribution in [1.82, 2.24) is 10.3 Å². The normalized spacial score (nSPS) is 12.4. The number of nitrogens with two attached hydrogens (primary N) is 1. The summed E-state index contributed by atoms with van der Waals surface area (Å²) in [4.78, 5) is 6.67. The summed E-state index contributed by atoms with van der Waals surface area (Å²) in [6.45, 7) is 13.8. The van der Waals surface area contributed by atoms with E-state index in [1.54, 1.807) is 0 Å². The van der Waals surface area contributed by atoms with E-state index < -0.39 is 0 Å². The highest BCUT2D eigenvalue weighted by Crippen LogP contribution is 2.06. The number of nitrogens with zero attached hydrogens (tertiary/aromatic N) is 2. The van der Waals surface area contributed by atoms with Crippen LogP contribution in [0.3, 0.4) is 0 Å². The maximum Gasteiger partial charge on any atom is 0.208 e. The second-order valence-corrected chi connectivity index (χ2v) is 5.29. The van der Waals surface area contributed by atoms with Gasteiger partial charge in [-0.2, -0.15) is 0 Å². The second kappa shape index (κ2) is 9.28. The molecule has 0 unspecified atom stereocenters. The van der Waals surface area contributed by atoms with E-state index in [4.69, 9.17) is 5.84 Å². The van der Waals surface area contributed by atoms with E-state index in [9.17, 15) is 0 Å². The summed E-state index contributed by atoms with van der Waals surface area (Å²) in [6, 6.07) is 0. The van der Waals surface area contributed by atoms with Gasteiger partial charge in [-0.3, -0.25) is 10.4 Å². The van der Waals surface area contributed by atoms with Gasteiger partial charge in [0.05, 0.1) is 0 Å². The molecule has 0 aromatic heterocycles. The van der Waals surface area contributed by atoms with Gasteiger partial charge in [0.15, 0.2) is 0 Å². The average Bonchev–Trinajstić information content (AvgIpc) is 2.26. The highest BCUT2D eigenvalue weighted by atomic mass is 15.4. The molecule has 0 rings (SSSR count). The molecule has 0 bridgehead atoms. The third kappa shape index (κ3) is 8.02. The first-order chi connectivity index (χ1) is 8.01. The second-order valence-electron chi connectivity index (χ2n) is 5.29. The number of nitrogens with one attached hydrogen (secondary N) is 1. The summed E-state index contributed by atoms with van der Waals surface area (Å²) in [5, 5.41) is 0.